The Bertz CT molecular complexity index is 806. The van der Waals surface area contributed by atoms with Crippen LogP contribution in [-0.2, 0) is 30.8 Å². The summed E-state index contributed by atoms with van der Waals surface area (Å²) in [5.74, 6) is 1.70. The maximum atomic E-state index is 12.4. The van der Waals surface area contributed by atoms with Gasteiger partial charge >= 0.3 is 0 Å². The number of likely N-dealkylation sites (tertiary alicyclic amines) is 1. The van der Waals surface area contributed by atoms with Crippen LogP contribution in [-0.4, -0.2) is 41.9 Å². The molecule has 29 heavy (non-hydrogen) atoms. The Kier molecular flexibility index (Phi) is 6.68. The SMILES string of the molecule is CC1CC(C)CN(Cc2ccc(CNC(=O)CN3CCc4sccc4C3)cc2)C1. The number of nitrogens with one attached hydrogen (secondary N) is 1. The van der Waals surface area contributed by atoms with E-state index >= 15 is 0 Å². The lowest BCUT2D eigenvalue weighted by atomic mass is 9.91. The average molecular weight is 412 g/mol. The second-order valence-electron chi connectivity index (χ2n) is 9.06. The summed E-state index contributed by atoms with van der Waals surface area (Å²) in [5.41, 5.74) is 3.92. The predicted molar refractivity (Wildman–Crippen MR) is 120 cm³/mol. The standard InChI is InChI=1S/C24H33N3OS/c1-18-11-19(2)14-27(13-18)15-21-5-3-20(4-6-21)12-25-24(28)17-26-9-7-23-22(16-26)8-10-29-23/h3-6,8,10,18-19H,7,9,11-17H2,1-2H3,(H,25,28). The van der Waals surface area contributed by atoms with Crippen molar-refractivity contribution in [2.45, 2.75) is 46.3 Å². The summed E-state index contributed by atoms with van der Waals surface area (Å²) >= 11 is 1.84. The minimum Gasteiger partial charge on any atom is -0.351 e. The molecule has 2 aliphatic rings. The maximum Gasteiger partial charge on any atom is 0.234 e. The van der Waals surface area contributed by atoms with Crippen LogP contribution in [0.5, 0.6) is 0 Å². The quantitative estimate of drug-likeness (QED) is 0.783. The molecule has 5 heteroatoms. The van der Waals surface area contributed by atoms with E-state index in [1.807, 2.05) is 11.3 Å². The van der Waals surface area contributed by atoms with Gasteiger partial charge in [-0.3, -0.25) is 14.6 Å². The monoisotopic (exact) mass is 411 g/mol. The molecule has 0 saturated carbocycles. The van der Waals surface area contributed by atoms with Crippen molar-refractivity contribution in [3.8, 4) is 0 Å². The summed E-state index contributed by atoms with van der Waals surface area (Å²) in [4.78, 5) is 18.7. The third-order valence-corrected chi connectivity index (χ3v) is 7.14. The fraction of sp³-hybridized carbons (Fsp3) is 0.542. The number of amides is 1. The number of thiophene rings is 1. The molecule has 4 nitrogen and oxygen atoms in total. The van der Waals surface area contributed by atoms with Crippen molar-refractivity contribution in [3.63, 3.8) is 0 Å². The number of carbonyl (C=O) groups is 1. The Morgan fingerprint density at radius 3 is 2.55 bits per heavy atom. The van der Waals surface area contributed by atoms with Gasteiger partial charge in [0.05, 0.1) is 6.54 Å². The van der Waals surface area contributed by atoms with Gasteiger partial charge in [-0.2, -0.15) is 0 Å². The van der Waals surface area contributed by atoms with Gasteiger partial charge in [0.25, 0.3) is 0 Å². The fourth-order valence-electron chi connectivity index (χ4n) is 4.84. The molecule has 2 unspecified atom stereocenters. The lowest BCUT2D eigenvalue weighted by Gasteiger charge is -2.35. The van der Waals surface area contributed by atoms with E-state index in [9.17, 15) is 4.79 Å². The number of rotatable bonds is 6. The van der Waals surface area contributed by atoms with Crippen molar-refractivity contribution in [2.75, 3.05) is 26.2 Å². The summed E-state index contributed by atoms with van der Waals surface area (Å²) < 4.78 is 0. The Balaban J connectivity index is 1.21. The first kappa shape index (κ1) is 20.6. The smallest absolute Gasteiger partial charge is 0.234 e. The molecule has 2 aliphatic heterocycles. The molecular weight excluding hydrogens is 378 g/mol. The Morgan fingerprint density at radius 2 is 1.79 bits per heavy atom. The molecule has 1 fully saturated rings. The highest BCUT2D eigenvalue weighted by Crippen LogP contribution is 2.24. The zero-order chi connectivity index (χ0) is 20.2. The van der Waals surface area contributed by atoms with E-state index in [2.05, 4.69) is 64.7 Å². The highest BCUT2D eigenvalue weighted by Gasteiger charge is 2.22. The van der Waals surface area contributed by atoms with Gasteiger partial charge in [-0.1, -0.05) is 38.1 Å². The molecular formula is C24H33N3OS. The van der Waals surface area contributed by atoms with E-state index in [0.717, 1.165) is 37.9 Å². The summed E-state index contributed by atoms with van der Waals surface area (Å²) in [7, 11) is 0. The largest absolute Gasteiger partial charge is 0.351 e. The second kappa shape index (κ2) is 9.41. The number of hydrogen-bond donors (Lipinski definition) is 1. The number of piperidine rings is 1. The molecule has 0 aliphatic carbocycles. The molecule has 1 saturated heterocycles. The fourth-order valence-corrected chi connectivity index (χ4v) is 5.73. The van der Waals surface area contributed by atoms with E-state index in [0.29, 0.717) is 13.1 Å². The Labute approximate surface area is 178 Å². The lowest BCUT2D eigenvalue weighted by molar-refractivity contribution is -0.122. The van der Waals surface area contributed by atoms with Gasteiger partial charge in [-0.05, 0) is 52.8 Å². The molecule has 0 radical (unpaired) electrons. The molecule has 1 N–H and O–H groups in total. The Hall–Kier alpha value is -1.69. The number of hydrogen-bond acceptors (Lipinski definition) is 4. The number of nitrogens with zero attached hydrogens (tertiary/aromatic N) is 2. The van der Waals surface area contributed by atoms with Gasteiger partial charge in [0.15, 0.2) is 0 Å². The third-order valence-electron chi connectivity index (χ3n) is 6.12. The van der Waals surface area contributed by atoms with Crippen molar-refractivity contribution >= 4 is 17.2 Å². The van der Waals surface area contributed by atoms with E-state index in [1.54, 1.807) is 0 Å². The van der Waals surface area contributed by atoms with E-state index in [-0.39, 0.29) is 5.91 Å². The summed E-state index contributed by atoms with van der Waals surface area (Å²) in [6.07, 6.45) is 2.41. The minimum absolute atomic E-state index is 0.115. The number of benzene rings is 1. The van der Waals surface area contributed by atoms with Crippen LogP contribution in [0.15, 0.2) is 35.7 Å². The molecule has 2 aromatic rings. The van der Waals surface area contributed by atoms with Crippen molar-refractivity contribution in [2.24, 2.45) is 11.8 Å². The topological polar surface area (TPSA) is 35.6 Å². The third kappa shape index (κ3) is 5.68. The lowest BCUT2D eigenvalue weighted by Crippen LogP contribution is -2.39. The van der Waals surface area contributed by atoms with Crippen molar-refractivity contribution in [1.82, 2.24) is 15.1 Å². The Morgan fingerprint density at radius 1 is 1.07 bits per heavy atom. The second-order valence-corrected chi connectivity index (χ2v) is 10.1. The number of fused-ring (bicyclic) bond motifs is 1. The zero-order valence-corrected chi connectivity index (χ0v) is 18.5. The first-order valence-electron chi connectivity index (χ1n) is 10.9. The van der Waals surface area contributed by atoms with Crippen LogP contribution >= 0.6 is 11.3 Å². The highest BCUT2D eigenvalue weighted by molar-refractivity contribution is 7.10. The molecule has 3 heterocycles. The van der Waals surface area contributed by atoms with Crippen LogP contribution in [0.3, 0.4) is 0 Å². The van der Waals surface area contributed by atoms with Crippen molar-refractivity contribution in [1.29, 1.82) is 0 Å². The summed E-state index contributed by atoms with van der Waals surface area (Å²) in [6, 6.07) is 10.9. The van der Waals surface area contributed by atoms with Crippen LogP contribution in [0.4, 0.5) is 0 Å². The van der Waals surface area contributed by atoms with Crippen LogP contribution in [0, 0.1) is 11.8 Å². The molecule has 4 rings (SSSR count). The van der Waals surface area contributed by atoms with Gasteiger partial charge < -0.3 is 5.32 Å². The van der Waals surface area contributed by atoms with Gasteiger partial charge in [0.1, 0.15) is 0 Å². The van der Waals surface area contributed by atoms with Gasteiger partial charge in [-0.25, -0.2) is 0 Å². The summed E-state index contributed by atoms with van der Waals surface area (Å²) in [6.45, 7) is 11.1. The van der Waals surface area contributed by atoms with E-state index in [1.165, 1.54) is 41.1 Å². The molecule has 0 bridgehead atoms. The summed E-state index contributed by atoms with van der Waals surface area (Å²) in [5, 5.41) is 5.25. The van der Waals surface area contributed by atoms with Crippen LogP contribution in [0.2, 0.25) is 0 Å². The average Bonchev–Trinajstić information content (AvgIpc) is 3.14. The number of carbonyl (C=O) groups excluding carboxylic acids is 1. The first-order chi connectivity index (χ1) is 14.0. The molecule has 1 aromatic carbocycles. The van der Waals surface area contributed by atoms with Crippen LogP contribution in [0.25, 0.3) is 0 Å². The van der Waals surface area contributed by atoms with Crippen LogP contribution < -0.4 is 5.32 Å². The maximum absolute atomic E-state index is 12.4. The predicted octanol–water partition coefficient (Wildman–Crippen LogP) is 3.90. The van der Waals surface area contributed by atoms with E-state index in [4.69, 9.17) is 0 Å². The van der Waals surface area contributed by atoms with Gasteiger partial charge in [-0.15, -0.1) is 11.3 Å². The first-order valence-corrected chi connectivity index (χ1v) is 11.8. The van der Waals surface area contributed by atoms with Crippen molar-refractivity contribution in [3.05, 3.63) is 57.3 Å². The van der Waals surface area contributed by atoms with E-state index < -0.39 is 0 Å². The molecule has 2 atom stereocenters. The molecule has 156 valence electrons. The van der Waals surface area contributed by atoms with Crippen LogP contribution in [0.1, 0.15) is 41.8 Å². The normalized spacial score (nSPS) is 23.0. The minimum atomic E-state index is 0.115. The molecule has 0 spiro atoms. The van der Waals surface area contributed by atoms with Gasteiger partial charge in [0.2, 0.25) is 5.91 Å². The molecule has 1 amide bonds. The zero-order valence-electron chi connectivity index (χ0n) is 17.7. The highest BCUT2D eigenvalue weighted by atomic mass is 32.1. The van der Waals surface area contributed by atoms with Gasteiger partial charge in [0, 0.05) is 44.1 Å². The van der Waals surface area contributed by atoms with Crippen molar-refractivity contribution < 1.29 is 4.79 Å². The molecule has 1 aromatic heterocycles.